The van der Waals surface area contributed by atoms with Crippen molar-refractivity contribution in [3.8, 4) is 0 Å². The molecule has 142 valence electrons. The lowest BCUT2D eigenvalue weighted by Gasteiger charge is -2.18. The fraction of sp³-hybridized carbons (Fsp3) is 0.333. The van der Waals surface area contributed by atoms with E-state index in [0.717, 1.165) is 4.90 Å². The lowest BCUT2D eigenvalue weighted by atomic mass is 10.1. The third kappa shape index (κ3) is 4.90. The van der Waals surface area contributed by atoms with Gasteiger partial charge in [0.2, 0.25) is 0 Å². The van der Waals surface area contributed by atoms with Crippen molar-refractivity contribution < 1.29 is 35.7 Å². The van der Waals surface area contributed by atoms with Crippen molar-refractivity contribution in [3.05, 3.63) is 46.8 Å². The third-order valence-electron chi connectivity index (χ3n) is 3.26. The number of hydrogen-bond acceptors (Lipinski definition) is 3. The fourth-order valence-corrected chi connectivity index (χ4v) is 2.05. The number of nitrogens with one attached hydrogen (secondary N) is 1. The van der Waals surface area contributed by atoms with Crippen LogP contribution in [0.25, 0.3) is 0 Å². The number of benzene rings is 1. The van der Waals surface area contributed by atoms with Crippen LogP contribution in [0.5, 0.6) is 0 Å². The first-order chi connectivity index (χ1) is 11.9. The van der Waals surface area contributed by atoms with Crippen LogP contribution in [0, 0.1) is 6.92 Å². The molecule has 2 rings (SSSR count). The third-order valence-corrected chi connectivity index (χ3v) is 3.26. The normalized spacial score (nSPS) is 12.2. The monoisotopic (exact) mass is 381 g/mol. The first kappa shape index (κ1) is 19.6. The van der Waals surface area contributed by atoms with Crippen LogP contribution in [0.2, 0.25) is 0 Å². The van der Waals surface area contributed by atoms with Gasteiger partial charge in [-0.1, -0.05) is 5.16 Å². The number of urea groups is 1. The van der Waals surface area contributed by atoms with E-state index >= 15 is 0 Å². The van der Waals surface area contributed by atoms with Crippen molar-refractivity contribution in [1.29, 1.82) is 0 Å². The van der Waals surface area contributed by atoms with Gasteiger partial charge in [0, 0.05) is 18.8 Å². The highest BCUT2D eigenvalue weighted by molar-refractivity contribution is 5.89. The Morgan fingerprint density at radius 1 is 1.08 bits per heavy atom. The number of hydrogen-bond donors (Lipinski definition) is 1. The molecule has 2 aromatic rings. The molecule has 0 fully saturated rings. The summed E-state index contributed by atoms with van der Waals surface area (Å²) in [5, 5.41) is 5.67. The van der Waals surface area contributed by atoms with Gasteiger partial charge in [0.1, 0.15) is 11.5 Å². The Kier molecular flexibility index (Phi) is 5.19. The Labute approximate surface area is 143 Å². The van der Waals surface area contributed by atoms with Crippen LogP contribution in [0.1, 0.15) is 22.6 Å². The van der Waals surface area contributed by atoms with Gasteiger partial charge in [-0.15, -0.1) is 0 Å². The Balaban J connectivity index is 2.22. The second-order valence-electron chi connectivity index (χ2n) is 5.51. The Morgan fingerprint density at radius 3 is 2.04 bits per heavy atom. The molecule has 0 saturated heterocycles. The first-order valence-electron chi connectivity index (χ1n) is 7.10. The predicted molar refractivity (Wildman–Crippen MR) is 78.2 cm³/mol. The van der Waals surface area contributed by atoms with Crippen molar-refractivity contribution in [2.45, 2.75) is 25.8 Å². The van der Waals surface area contributed by atoms with Gasteiger partial charge in [0.15, 0.2) is 0 Å². The zero-order valence-electron chi connectivity index (χ0n) is 13.5. The summed E-state index contributed by atoms with van der Waals surface area (Å²) in [5.41, 5.74) is -3.28. The minimum absolute atomic E-state index is 0.0163. The van der Waals surface area contributed by atoms with E-state index in [1.165, 1.54) is 13.1 Å². The zero-order valence-corrected chi connectivity index (χ0v) is 13.5. The van der Waals surface area contributed by atoms with Gasteiger partial charge in [-0.25, -0.2) is 4.79 Å². The van der Waals surface area contributed by atoms with Crippen LogP contribution in [-0.2, 0) is 18.9 Å². The SMILES string of the molecule is Cc1cc(CN(C)C(=O)Nc2cc(C(F)(F)F)cc(C(F)(F)F)c2)no1. The van der Waals surface area contributed by atoms with Crippen molar-refractivity contribution in [2.75, 3.05) is 12.4 Å². The Hall–Kier alpha value is -2.72. The quantitative estimate of drug-likeness (QED) is 0.785. The lowest BCUT2D eigenvalue weighted by Crippen LogP contribution is -2.31. The highest BCUT2D eigenvalue weighted by atomic mass is 19.4. The van der Waals surface area contributed by atoms with E-state index in [9.17, 15) is 31.1 Å². The summed E-state index contributed by atoms with van der Waals surface area (Å²) < 4.78 is 81.7. The van der Waals surface area contributed by atoms with Gasteiger partial charge in [-0.2, -0.15) is 26.3 Å². The fourth-order valence-electron chi connectivity index (χ4n) is 2.05. The Bertz CT molecular complexity index is 765. The average molecular weight is 381 g/mol. The minimum atomic E-state index is -5.00. The van der Waals surface area contributed by atoms with Crippen LogP contribution in [0.4, 0.5) is 36.8 Å². The molecule has 0 unspecified atom stereocenters. The summed E-state index contributed by atoms with van der Waals surface area (Å²) in [6.45, 7) is 1.58. The average Bonchev–Trinajstić information content (AvgIpc) is 2.90. The molecule has 0 saturated carbocycles. The number of carbonyl (C=O) groups excluding carboxylic acids is 1. The van der Waals surface area contributed by atoms with Gasteiger partial charge in [-0.05, 0) is 25.1 Å². The van der Waals surface area contributed by atoms with Crippen LogP contribution >= 0.6 is 0 Å². The summed E-state index contributed by atoms with van der Waals surface area (Å²) in [6.07, 6.45) is -9.99. The van der Waals surface area contributed by atoms with E-state index in [1.54, 1.807) is 6.92 Å². The molecule has 1 aromatic heterocycles. The smallest absolute Gasteiger partial charge is 0.361 e. The molecule has 5 nitrogen and oxygen atoms in total. The summed E-state index contributed by atoms with van der Waals surface area (Å²) >= 11 is 0. The molecule has 0 atom stereocenters. The first-order valence-corrected chi connectivity index (χ1v) is 7.10. The molecule has 26 heavy (non-hydrogen) atoms. The Morgan fingerprint density at radius 2 is 1.62 bits per heavy atom. The molecule has 0 radical (unpaired) electrons. The molecular weight excluding hydrogens is 368 g/mol. The number of nitrogens with zero attached hydrogens (tertiary/aromatic N) is 2. The highest BCUT2D eigenvalue weighted by Crippen LogP contribution is 2.37. The van der Waals surface area contributed by atoms with Crippen LogP contribution in [0.3, 0.4) is 0 Å². The number of carbonyl (C=O) groups is 1. The van der Waals surface area contributed by atoms with Crippen LogP contribution in [-0.4, -0.2) is 23.1 Å². The molecule has 2 amide bonds. The van der Waals surface area contributed by atoms with E-state index < -0.39 is 35.2 Å². The molecule has 0 aliphatic carbocycles. The number of rotatable bonds is 3. The molecule has 1 aromatic carbocycles. The molecule has 1 N–H and O–H groups in total. The highest BCUT2D eigenvalue weighted by Gasteiger charge is 2.37. The summed E-state index contributed by atoms with van der Waals surface area (Å²) in [4.78, 5) is 13.1. The number of halogens is 6. The molecule has 11 heteroatoms. The molecule has 0 aliphatic heterocycles. The maximum Gasteiger partial charge on any atom is 0.416 e. The van der Waals surface area contributed by atoms with Gasteiger partial charge < -0.3 is 14.7 Å². The van der Waals surface area contributed by atoms with E-state index in [-0.39, 0.29) is 12.6 Å². The van der Waals surface area contributed by atoms with E-state index in [2.05, 4.69) is 5.16 Å². The number of aromatic nitrogens is 1. The summed E-state index contributed by atoms with van der Waals surface area (Å²) in [6, 6.07) is 1.48. The van der Waals surface area contributed by atoms with Gasteiger partial charge >= 0.3 is 18.4 Å². The second kappa shape index (κ2) is 6.89. The number of amides is 2. The minimum Gasteiger partial charge on any atom is -0.361 e. The molecular formula is C15H13F6N3O2. The van der Waals surface area contributed by atoms with Crippen LogP contribution in [0.15, 0.2) is 28.8 Å². The second-order valence-corrected chi connectivity index (χ2v) is 5.51. The van der Waals surface area contributed by atoms with Crippen molar-refractivity contribution in [2.24, 2.45) is 0 Å². The number of alkyl halides is 6. The maximum absolute atomic E-state index is 12.8. The van der Waals surface area contributed by atoms with Gasteiger partial charge in [0.05, 0.1) is 17.7 Å². The summed E-state index contributed by atoms with van der Waals surface area (Å²) in [7, 11) is 1.30. The molecule has 0 bridgehead atoms. The van der Waals surface area contributed by atoms with Crippen molar-refractivity contribution >= 4 is 11.7 Å². The molecule has 1 heterocycles. The molecule has 0 aliphatic rings. The number of aryl methyl sites for hydroxylation is 1. The van der Waals surface area contributed by atoms with Crippen molar-refractivity contribution in [1.82, 2.24) is 10.1 Å². The van der Waals surface area contributed by atoms with Gasteiger partial charge in [-0.3, -0.25) is 0 Å². The van der Waals surface area contributed by atoms with E-state index in [1.807, 2.05) is 5.32 Å². The van der Waals surface area contributed by atoms with Gasteiger partial charge in [0.25, 0.3) is 0 Å². The number of anilines is 1. The lowest BCUT2D eigenvalue weighted by molar-refractivity contribution is -0.143. The summed E-state index contributed by atoms with van der Waals surface area (Å²) in [5.74, 6) is 0.488. The van der Waals surface area contributed by atoms with Crippen LogP contribution < -0.4 is 5.32 Å². The largest absolute Gasteiger partial charge is 0.416 e. The van der Waals surface area contributed by atoms with E-state index in [4.69, 9.17) is 4.52 Å². The topological polar surface area (TPSA) is 58.4 Å². The predicted octanol–water partition coefficient (Wildman–Crippen LogP) is 4.68. The maximum atomic E-state index is 12.8. The van der Waals surface area contributed by atoms with E-state index in [0.29, 0.717) is 23.6 Å². The zero-order chi connectivity index (χ0) is 19.7. The molecule has 0 spiro atoms. The van der Waals surface area contributed by atoms with Crippen molar-refractivity contribution in [3.63, 3.8) is 0 Å². The standard InChI is InChI=1S/C15H13F6N3O2/c1-8-3-12(23-26-8)7-24(2)13(25)22-11-5-9(14(16,17)18)4-10(6-11)15(19,20)21/h3-6H,7H2,1-2H3,(H,22,25).